The lowest BCUT2D eigenvalue weighted by molar-refractivity contribution is -0.140. The molecule has 4 N–H and O–H groups in total. The average Bonchev–Trinajstić information content (AvgIpc) is 2.84. The zero-order valence-corrected chi connectivity index (χ0v) is 19.2. The summed E-state index contributed by atoms with van der Waals surface area (Å²) < 4.78 is 4.95. The van der Waals surface area contributed by atoms with E-state index in [2.05, 4.69) is 19.7 Å². The molecule has 0 bridgehead atoms. The smallest absolute Gasteiger partial charge is 0.333 e. The number of esters is 1. The third-order valence-corrected chi connectivity index (χ3v) is 3.38. The average molecular weight is 459 g/mol. The number of ether oxygens (including phenoxy) is 1. The first-order chi connectivity index (χ1) is 15.6. The standard InChI is InChI=1S/C11H12O2.C8H8.C4H6O2.C3H8O3/c1-9(2)11(12)13-8-10-6-4-3-5-7-10;1-2-8-6-4-3-5-7-8;1-3(2)4(5)6;4-1-3(6)2-5/h3-7H,1,8H2,2H3;2-7H,1H2;1H2,2H3,(H,5,6);3-6H,1-2H2. The number of rotatable bonds is 7. The van der Waals surface area contributed by atoms with E-state index in [4.69, 9.17) is 25.2 Å². The van der Waals surface area contributed by atoms with Gasteiger partial charge in [0.05, 0.1) is 13.2 Å². The maximum Gasteiger partial charge on any atom is 0.333 e. The zero-order valence-electron chi connectivity index (χ0n) is 19.2. The predicted octanol–water partition coefficient (Wildman–Crippen LogP) is 3.61. The molecule has 2 aromatic carbocycles. The maximum atomic E-state index is 11.0. The summed E-state index contributed by atoms with van der Waals surface area (Å²) >= 11 is 0. The molecule has 7 heteroatoms. The van der Waals surface area contributed by atoms with Crippen molar-refractivity contribution in [3.63, 3.8) is 0 Å². The molecule has 0 radical (unpaired) electrons. The van der Waals surface area contributed by atoms with Crippen molar-refractivity contribution < 1.29 is 34.8 Å². The summed E-state index contributed by atoms with van der Waals surface area (Å²) in [6, 6.07) is 19.6. The van der Waals surface area contributed by atoms with E-state index >= 15 is 0 Å². The number of hydrogen-bond donors (Lipinski definition) is 4. The van der Waals surface area contributed by atoms with Gasteiger partial charge in [-0.1, -0.05) is 86.5 Å². The number of aliphatic hydroxyl groups excluding tert-OH is 3. The van der Waals surface area contributed by atoms with Gasteiger partial charge in [-0.05, 0) is 25.0 Å². The van der Waals surface area contributed by atoms with Gasteiger partial charge in [-0.15, -0.1) is 0 Å². The van der Waals surface area contributed by atoms with Crippen LogP contribution in [0.1, 0.15) is 25.0 Å². The van der Waals surface area contributed by atoms with Crippen LogP contribution in [0.15, 0.2) is 91.5 Å². The Morgan fingerprint density at radius 1 is 0.909 bits per heavy atom. The summed E-state index contributed by atoms with van der Waals surface area (Å²) in [6.45, 7) is 12.9. The molecule has 0 fully saturated rings. The Kier molecular flexibility index (Phi) is 19.6. The third kappa shape index (κ3) is 20.2. The minimum atomic E-state index is -0.954. The summed E-state index contributed by atoms with van der Waals surface area (Å²) in [5, 5.41) is 31.9. The minimum absolute atomic E-state index is 0.176. The highest BCUT2D eigenvalue weighted by Crippen LogP contribution is 2.02. The van der Waals surface area contributed by atoms with Gasteiger partial charge in [-0.3, -0.25) is 0 Å². The number of carbonyl (C=O) groups is 2. The van der Waals surface area contributed by atoms with Gasteiger partial charge in [-0.25, -0.2) is 9.59 Å². The van der Waals surface area contributed by atoms with Crippen molar-refractivity contribution in [3.8, 4) is 0 Å². The summed E-state index contributed by atoms with van der Waals surface area (Å²) in [5.41, 5.74) is 2.76. The Balaban J connectivity index is 0. The van der Waals surface area contributed by atoms with Crippen LogP contribution in [0.5, 0.6) is 0 Å². The third-order valence-electron chi connectivity index (χ3n) is 3.38. The van der Waals surface area contributed by atoms with Crippen LogP contribution in [0.2, 0.25) is 0 Å². The van der Waals surface area contributed by atoms with Gasteiger partial charge in [0.25, 0.3) is 0 Å². The predicted molar refractivity (Wildman–Crippen MR) is 130 cm³/mol. The Labute approximate surface area is 195 Å². The normalized spacial score (nSPS) is 8.91. The van der Waals surface area contributed by atoms with Gasteiger partial charge in [0.1, 0.15) is 12.7 Å². The molecule has 2 rings (SSSR count). The van der Waals surface area contributed by atoms with Crippen LogP contribution in [0.4, 0.5) is 0 Å². The molecule has 7 nitrogen and oxygen atoms in total. The number of carboxylic acids is 1. The van der Waals surface area contributed by atoms with Crippen molar-refractivity contribution >= 4 is 18.0 Å². The van der Waals surface area contributed by atoms with Gasteiger partial charge in [0.15, 0.2) is 0 Å². The van der Waals surface area contributed by atoms with Crippen LogP contribution >= 0.6 is 0 Å². The van der Waals surface area contributed by atoms with Crippen molar-refractivity contribution in [2.75, 3.05) is 13.2 Å². The molecule has 0 aliphatic carbocycles. The van der Waals surface area contributed by atoms with Gasteiger partial charge in [-0.2, -0.15) is 0 Å². The first kappa shape index (κ1) is 31.7. The topological polar surface area (TPSA) is 124 Å². The Morgan fingerprint density at radius 2 is 1.33 bits per heavy atom. The molecule has 0 spiro atoms. The van der Waals surface area contributed by atoms with E-state index in [0.717, 1.165) is 5.56 Å². The van der Waals surface area contributed by atoms with Crippen LogP contribution in [-0.4, -0.2) is 51.7 Å². The van der Waals surface area contributed by atoms with Gasteiger partial charge in [0, 0.05) is 11.1 Å². The van der Waals surface area contributed by atoms with Crippen molar-refractivity contribution in [2.24, 2.45) is 0 Å². The second-order valence-corrected chi connectivity index (χ2v) is 6.56. The lowest BCUT2D eigenvalue weighted by Crippen LogP contribution is -2.15. The molecular formula is C26H34O7. The molecular weight excluding hydrogens is 424 g/mol. The number of benzene rings is 2. The lowest BCUT2D eigenvalue weighted by atomic mass is 10.2. The molecule has 0 aliphatic heterocycles. The van der Waals surface area contributed by atoms with E-state index in [0.29, 0.717) is 12.2 Å². The minimum Gasteiger partial charge on any atom is -0.478 e. The van der Waals surface area contributed by atoms with Crippen molar-refractivity contribution in [1.82, 2.24) is 0 Å². The molecule has 0 saturated carbocycles. The van der Waals surface area contributed by atoms with Crippen LogP contribution in [0.3, 0.4) is 0 Å². The Morgan fingerprint density at radius 3 is 1.61 bits per heavy atom. The SMILES string of the molecule is C=C(C)C(=O)O.C=C(C)C(=O)OCc1ccccc1.C=Cc1ccccc1.OCC(O)CO. The molecule has 0 heterocycles. The van der Waals surface area contributed by atoms with E-state index < -0.39 is 12.1 Å². The van der Waals surface area contributed by atoms with E-state index in [1.165, 1.54) is 12.5 Å². The second kappa shape index (κ2) is 20.4. The van der Waals surface area contributed by atoms with Gasteiger partial charge < -0.3 is 25.2 Å². The number of aliphatic hydroxyl groups is 3. The molecule has 2 aromatic rings. The van der Waals surface area contributed by atoms with E-state index in [1.807, 2.05) is 66.7 Å². The monoisotopic (exact) mass is 458 g/mol. The van der Waals surface area contributed by atoms with Crippen molar-refractivity contribution in [2.45, 2.75) is 26.6 Å². The number of aliphatic carboxylic acids is 1. The van der Waals surface area contributed by atoms with Crippen molar-refractivity contribution in [3.05, 3.63) is 103 Å². The quantitative estimate of drug-likeness (QED) is 0.369. The number of carbonyl (C=O) groups excluding carboxylic acids is 1. The summed E-state index contributed by atoms with van der Waals surface area (Å²) in [7, 11) is 0. The number of carboxylic acid groups (broad SMARTS) is 1. The Hall–Kier alpha value is -3.52. The Bertz CT molecular complexity index is 814. The fourth-order valence-corrected chi connectivity index (χ4v) is 1.49. The van der Waals surface area contributed by atoms with Gasteiger partial charge in [0.2, 0.25) is 0 Å². The largest absolute Gasteiger partial charge is 0.478 e. The molecule has 0 aliphatic rings. The highest BCUT2D eigenvalue weighted by atomic mass is 16.5. The maximum absolute atomic E-state index is 11.0. The van der Waals surface area contributed by atoms with Crippen LogP contribution < -0.4 is 0 Å². The van der Waals surface area contributed by atoms with Gasteiger partial charge >= 0.3 is 11.9 Å². The molecule has 33 heavy (non-hydrogen) atoms. The molecule has 0 amide bonds. The summed E-state index contributed by atoms with van der Waals surface area (Å²) in [5.74, 6) is -1.28. The molecule has 0 atom stereocenters. The summed E-state index contributed by atoms with van der Waals surface area (Å²) in [6.07, 6.45) is 0.880. The van der Waals surface area contributed by atoms with E-state index in [-0.39, 0.29) is 24.8 Å². The van der Waals surface area contributed by atoms with Crippen LogP contribution in [0.25, 0.3) is 6.08 Å². The molecule has 180 valence electrons. The van der Waals surface area contributed by atoms with Crippen molar-refractivity contribution in [1.29, 1.82) is 0 Å². The zero-order chi connectivity index (χ0) is 25.6. The summed E-state index contributed by atoms with van der Waals surface area (Å²) in [4.78, 5) is 20.6. The molecule has 0 saturated heterocycles. The highest BCUT2D eigenvalue weighted by molar-refractivity contribution is 5.86. The second-order valence-electron chi connectivity index (χ2n) is 6.56. The fourth-order valence-electron chi connectivity index (χ4n) is 1.49. The van der Waals surface area contributed by atoms with E-state index in [9.17, 15) is 9.59 Å². The first-order valence-electron chi connectivity index (χ1n) is 9.91. The fraction of sp³-hybridized carbons (Fsp3) is 0.231. The van der Waals surface area contributed by atoms with Crippen LogP contribution in [-0.2, 0) is 20.9 Å². The van der Waals surface area contributed by atoms with E-state index in [1.54, 1.807) is 6.92 Å². The lowest BCUT2D eigenvalue weighted by Gasteiger charge is -2.03. The van der Waals surface area contributed by atoms with Crippen LogP contribution in [0, 0.1) is 0 Å². The highest BCUT2D eigenvalue weighted by Gasteiger charge is 2.02. The first-order valence-corrected chi connectivity index (χ1v) is 9.91. The molecule has 0 aromatic heterocycles. The number of hydrogen-bond acceptors (Lipinski definition) is 6. The molecule has 0 unspecified atom stereocenters.